The van der Waals surface area contributed by atoms with Gasteiger partial charge in [-0.2, -0.15) is 0 Å². The fourth-order valence-electron chi connectivity index (χ4n) is 4.84. The molecule has 126 valence electrons. The summed E-state index contributed by atoms with van der Waals surface area (Å²) in [7, 11) is -3.37. The van der Waals surface area contributed by atoms with Gasteiger partial charge in [-0.15, -0.1) is 0 Å². The summed E-state index contributed by atoms with van der Waals surface area (Å²) in [5.41, 5.74) is 1.01. The minimum Gasteiger partial charge on any atom is -0.223 e. The van der Waals surface area contributed by atoms with Gasteiger partial charge in [-0.05, 0) is 49.7 Å². The molecule has 2 aliphatic rings. The topological polar surface area (TPSA) is 34.1 Å². The molecule has 2 fully saturated rings. The van der Waals surface area contributed by atoms with Crippen molar-refractivity contribution in [3.63, 3.8) is 0 Å². The van der Waals surface area contributed by atoms with Crippen LogP contribution in [0.15, 0.2) is 47.4 Å². The number of hydrogen-bond acceptors (Lipinski definition) is 2. The molecule has 0 N–H and O–H groups in total. The normalized spacial score (nSPS) is 30.0. The van der Waals surface area contributed by atoms with Crippen molar-refractivity contribution in [1.82, 2.24) is 0 Å². The second-order valence-electron chi connectivity index (χ2n) is 7.25. The van der Waals surface area contributed by atoms with Crippen LogP contribution in [-0.2, 0) is 9.84 Å². The molecule has 2 aliphatic carbocycles. The Bertz CT molecular complexity index is 662. The fraction of sp³-hybridized carbons (Fsp3) is 0.600. The lowest BCUT2D eigenvalue weighted by molar-refractivity contribution is 0.381. The number of rotatable bonds is 7. The quantitative estimate of drug-likeness (QED) is 0.511. The summed E-state index contributed by atoms with van der Waals surface area (Å²) in [4.78, 5) is 0.476. The molecule has 3 atom stereocenters. The van der Waals surface area contributed by atoms with Gasteiger partial charge in [0.15, 0.2) is 9.84 Å². The zero-order valence-corrected chi connectivity index (χ0v) is 14.9. The Hall–Kier alpha value is -1.09. The maximum Gasteiger partial charge on any atom is 0.188 e. The highest BCUT2D eigenvalue weighted by atomic mass is 32.2. The summed E-state index contributed by atoms with van der Waals surface area (Å²) in [6.45, 7) is 6.49. The highest BCUT2D eigenvalue weighted by Crippen LogP contribution is 2.60. The van der Waals surface area contributed by atoms with Gasteiger partial charge in [0.1, 0.15) is 4.75 Å². The van der Waals surface area contributed by atoms with Crippen LogP contribution in [0.25, 0.3) is 0 Å². The molecule has 2 saturated carbocycles. The molecular formula is C20H28O2S. The summed E-state index contributed by atoms with van der Waals surface area (Å²) < 4.78 is 26.4. The first-order valence-electron chi connectivity index (χ1n) is 9.03. The van der Waals surface area contributed by atoms with Gasteiger partial charge in [-0.25, -0.2) is 8.42 Å². The highest BCUT2D eigenvalue weighted by molar-refractivity contribution is 7.93. The number of sulfone groups is 1. The first kappa shape index (κ1) is 16.8. The number of hydrogen-bond donors (Lipinski definition) is 0. The van der Waals surface area contributed by atoms with Crippen LogP contribution in [0.3, 0.4) is 0 Å². The lowest BCUT2D eigenvalue weighted by atomic mass is 9.80. The number of benzene rings is 1. The molecule has 1 aromatic carbocycles. The van der Waals surface area contributed by atoms with Crippen LogP contribution in [0.5, 0.6) is 0 Å². The first-order chi connectivity index (χ1) is 11.0. The summed E-state index contributed by atoms with van der Waals surface area (Å²) in [6, 6.07) is 9.04. The SMILES string of the molecule is C=C1[C@H]2CC[C@H](C2)[C@@]1(CCCCCC)S(=O)(=O)c1ccccc1. The third kappa shape index (κ3) is 2.57. The van der Waals surface area contributed by atoms with Gasteiger partial charge >= 0.3 is 0 Å². The zero-order chi connectivity index (χ0) is 16.5. The molecule has 2 nitrogen and oxygen atoms in total. The van der Waals surface area contributed by atoms with Crippen molar-refractivity contribution in [2.24, 2.45) is 11.8 Å². The van der Waals surface area contributed by atoms with Crippen molar-refractivity contribution < 1.29 is 8.42 Å². The predicted molar refractivity (Wildman–Crippen MR) is 95.1 cm³/mol. The van der Waals surface area contributed by atoms with Crippen molar-refractivity contribution in [3.8, 4) is 0 Å². The van der Waals surface area contributed by atoms with Crippen LogP contribution in [0, 0.1) is 11.8 Å². The smallest absolute Gasteiger partial charge is 0.188 e. The van der Waals surface area contributed by atoms with Crippen LogP contribution < -0.4 is 0 Å². The second-order valence-corrected chi connectivity index (χ2v) is 9.46. The van der Waals surface area contributed by atoms with Crippen LogP contribution in [-0.4, -0.2) is 13.2 Å². The second kappa shape index (κ2) is 6.43. The van der Waals surface area contributed by atoms with Crippen molar-refractivity contribution in [2.75, 3.05) is 0 Å². The average Bonchev–Trinajstić information content (AvgIpc) is 3.14. The summed E-state index contributed by atoms with van der Waals surface area (Å²) in [5.74, 6) is 0.691. The maximum atomic E-state index is 13.6. The van der Waals surface area contributed by atoms with Gasteiger partial charge in [-0.1, -0.05) is 63.0 Å². The third-order valence-electron chi connectivity index (χ3n) is 6.06. The average molecular weight is 333 g/mol. The molecule has 0 amide bonds. The van der Waals surface area contributed by atoms with E-state index >= 15 is 0 Å². The minimum absolute atomic E-state index is 0.270. The van der Waals surface area contributed by atoms with Crippen LogP contribution in [0.2, 0.25) is 0 Å². The Labute approximate surface area is 140 Å². The van der Waals surface area contributed by atoms with Gasteiger partial charge in [0.25, 0.3) is 0 Å². The van der Waals surface area contributed by atoms with E-state index in [0.717, 1.165) is 44.1 Å². The van der Waals surface area contributed by atoms with E-state index in [1.165, 1.54) is 12.8 Å². The molecule has 2 bridgehead atoms. The summed E-state index contributed by atoms with van der Waals surface area (Å²) >= 11 is 0. The molecule has 1 aromatic rings. The molecule has 0 unspecified atom stereocenters. The molecule has 0 aliphatic heterocycles. The lowest BCUT2D eigenvalue weighted by Gasteiger charge is -2.39. The van der Waals surface area contributed by atoms with Crippen LogP contribution >= 0.6 is 0 Å². The van der Waals surface area contributed by atoms with E-state index in [0.29, 0.717) is 10.8 Å². The predicted octanol–water partition coefficient (Wildman–Crippen LogP) is 5.16. The number of fused-ring (bicyclic) bond motifs is 2. The Morgan fingerprint density at radius 2 is 1.87 bits per heavy atom. The van der Waals surface area contributed by atoms with Crippen LogP contribution in [0.1, 0.15) is 58.3 Å². The van der Waals surface area contributed by atoms with E-state index in [9.17, 15) is 8.42 Å². The van der Waals surface area contributed by atoms with Gasteiger partial charge < -0.3 is 0 Å². The molecule has 0 heterocycles. The fourth-order valence-corrected chi connectivity index (χ4v) is 7.36. The molecule has 0 saturated heterocycles. The van der Waals surface area contributed by atoms with E-state index in [2.05, 4.69) is 13.5 Å². The van der Waals surface area contributed by atoms with Crippen molar-refractivity contribution >= 4 is 9.84 Å². The van der Waals surface area contributed by atoms with Gasteiger partial charge in [0, 0.05) is 0 Å². The molecule has 0 radical (unpaired) electrons. The molecule has 0 spiro atoms. The molecule has 3 heteroatoms. The van der Waals surface area contributed by atoms with Crippen molar-refractivity contribution in [1.29, 1.82) is 0 Å². The van der Waals surface area contributed by atoms with E-state index in [-0.39, 0.29) is 5.92 Å². The molecule has 0 aromatic heterocycles. The third-order valence-corrected chi connectivity index (χ3v) is 8.71. The van der Waals surface area contributed by atoms with E-state index in [1.54, 1.807) is 12.1 Å². The Kier molecular flexibility index (Phi) is 4.68. The minimum atomic E-state index is -3.37. The zero-order valence-electron chi connectivity index (χ0n) is 14.1. The Morgan fingerprint density at radius 1 is 1.13 bits per heavy atom. The first-order valence-corrected chi connectivity index (χ1v) is 10.5. The summed E-state index contributed by atoms with van der Waals surface area (Å²) in [6.07, 6.45) is 8.42. The lowest BCUT2D eigenvalue weighted by Crippen LogP contribution is -2.45. The molecule has 23 heavy (non-hydrogen) atoms. The molecule has 3 rings (SSSR count). The monoisotopic (exact) mass is 332 g/mol. The highest BCUT2D eigenvalue weighted by Gasteiger charge is 2.60. The van der Waals surface area contributed by atoms with E-state index < -0.39 is 14.6 Å². The van der Waals surface area contributed by atoms with Gasteiger partial charge in [0.2, 0.25) is 0 Å². The Morgan fingerprint density at radius 3 is 2.48 bits per heavy atom. The van der Waals surface area contributed by atoms with Gasteiger partial charge in [-0.3, -0.25) is 0 Å². The molecular weight excluding hydrogens is 304 g/mol. The maximum absolute atomic E-state index is 13.6. The van der Waals surface area contributed by atoms with Gasteiger partial charge in [0.05, 0.1) is 4.90 Å². The Balaban J connectivity index is 1.98. The van der Waals surface area contributed by atoms with E-state index in [4.69, 9.17) is 0 Å². The van der Waals surface area contributed by atoms with Crippen molar-refractivity contribution in [3.05, 3.63) is 42.5 Å². The van der Waals surface area contributed by atoms with Crippen molar-refractivity contribution in [2.45, 2.75) is 67.9 Å². The van der Waals surface area contributed by atoms with Crippen LogP contribution in [0.4, 0.5) is 0 Å². The number of unbranched alkanes of at least 4 members (excludes halogenated alkanes) is 3. The standard InChI is InChI=1S/C20H28O2S/c1-3-4-5-9-14-20(16(2)17-12-13-18(20)15-17)23(21,22)19-10-7-6-8-11-19/h6-8,10-11,17-18H,2-5,9,12-15H2,1H3/t17-,18+,20-/m0/s1. The summed E-state index contributed by atoms with van der Waals surface area (Å²) in [5, 5.41) is 0. The van der Waals surface area contributed by atoms with E-state index in [1.807, 2.05) is 18.2 Å². The largest absolute Gasteiger partial charge is 0.223 e.